The van der Waals surface area contributed by atoms with Crippen molar-refractivity contribution in [1.29, 1.82) is 5.26 Å². The lowest BCUT2D eigenvalue weighted by Crippen LogP contribution is -2.29. The highest BCUT2D eigenvalue weighted by Gasteiger charge is 2.10. The first-order chi connectivity index (χ1) is 7.49. The van der Waals surface area contributed by atoms with Crippen molar-refractivity contribution < 1.29 is 4.74 Å². The van der Waals surface area contributed by atoms with Crippen LogP contribution in [0.5, 0.6) is 0 Å². The van der Waals surface area contributed by atoms with Crippen molar-refractivity contribution >= 4 is 0 Å². The van der Waals surface area contributed by atoms with Gasteiger partial charge in [-0.1, -0.05) is 27.7 Å². The Kier molecular flexibility index (Phi) is 8.23. The summed E-state index contributed by atoms with van der Waals surface area (Å²) in [5.41, 5.74) is 0.328. The highest BCUT2D eigenvalue weighted by molar-refractivity contribution is 4.89. The van der Waals surface area contributed by atoms with Crippen LogP contribution in [0.15, 0.2) is 0 Å². The minimum atomic E-state index is -0.0606. The predicted octanol–water partition coefficient (Wildman–Crippen LogP) is 2.72. The van der Waals surface area contributed by atoms with E-state index in [1.807, 2.05) is 0 Å². The van der Waals surface area contributed by atoms with Crippen molar-refractivity contribution in [1.82, 2.24) is 5.32 Å². The molecule has 0 amide bonds. The topological polar surface area (TPSA) is 45.0 Å². The first kappa shape index (κ1) is 15.4. The second kappa shape index (κ2) is 8.55. The van der Waals surface area contributed by atoms with E-state index >= 15 is 0 Å². The molecule has 0 aromatic carbocycles. The fourth-order valence-corrected chi connectivity index (χ4v) is 1.21. The molecular weight excluding hydrogens is 200 g/mol. The molecule has 0 radical (unpaired) electrons. The molecule has 1 atom stereocenters. The molecule has 0 bridgehead atoms. The Balaban J connectivity index is 3.46. The summed E-state index contributed by atoms with van der Waals surface area (Å²) in [6, 6.07) is 2.19. The Morgan fingerprint density at radius 3 is 2.50 bits per heavy atom. The van der Waals surface area contributed by atoms with Crippen molar-refractivity contribution in [3.63, 3.8) is 0 Å². The van der Waals surface area contributed by atoms with E-state index in [0.717, 1.165) is 32.4 Å². The van der Waals surface area contributed by atoms with Crippen molar-refractivity contribution in [3.8, 4) is 6.07 Å². The van der Waals surface area contributed by atoms with Gasteiger partial charge in [-0.3, -0.25) is 0 Å². The predicted molar refractivity (Wildman–Crippen MR) is 67.2 cm³/mol. The van der Waals surface area contributed by atoms with Gasteiger partial charge in [0, 0.05) is 13.2 Å². The van der Waals surface area contributed by atoms with Crippen LogP contribution < -0.4 is 5.32 Å². The van der Waals surface area contributed by atoms with Crippen LogP contribution in [0.3, 0.4) is 0 Å². The summed E-state index contributed by atoms with van der Waals surface area (Å²) >= 11 is 0. The van der Waals surface area contributed by atoms with Gasteiger partial charge in [0.25, 0.3) is 0 Å². The van der Waals surface area contributed by atoms with Gasteiger partial charge < -0.3 is 10.1 Å². The van der Waals surface area contributed by atoms with Crippen LogP contribution in [-0.2, 0) is 4.74 Å². The zero-order valence-corrected chi connectivity index (χ0v) is 11.2. The molecule has 0 saturated carbocycles. The number of nitriles is 1. The normalized spacial score (nSPS) is 13.4. The van der Waals surface area contributed by atoms with Gasteiger partial charge in [-0.25, -0.2) is 0 Å². The maximum Gasteiger partial charge on any atom is 0.0975 e. The van der Waals surface area contributed by atoms with E-state index in [4.69, 9.17) is 10.00 Å². The molecule has 3 heteroatoms. The Bertz CT molecular complexity index is 203. The average Bonchev–Trinajstić information content (AvgIpc) is 2.20. The molecule has 0 aliphatic carbocycles. The molecule has 0 fully saturated rings. The van der Waals surface area contributed by atoms with E-state index in [9.17, 15) is 0 Å². The molecule has 0 saturated heterocycles. The number of nitrogens with zero attached hydrogens (tertiary/aromatic N) is 1. The van der Waals surface area contributed by atoms with E-state index in [0.29, 0.717) is 12.0 Å². The average molecular weight is 226 g/mol. The van der Waals surface area contributed by atoms with Crippen LogP contribution in [0.1, 0.15) is 47.0 Å². The monoisotopic (exact) mass is 226 g/mol. The quantitative estimate of drug-likeness (QED) is 0.647. The van der Waals surface area contributed by atoms with Crippen LogP contribution in [0.2, 0.25) is 0 Å². The molecule has 0 heterocycles. The van der Waals surface area contributed by atoms with E-state index < -0.39 is 0 Å². The summed E-state index contributed by atoms with van der Waals surface area (Å²) in [7, 11) is 0. The number of nitrogens with one attached hydrogen (secondary N) is 1. The molecule has 3 nitrogen and oxygen atoms in total. The van der Waals surface area contributed by atoms with E-state index in [2.05, 4.69) is 39.1 Å². The van der Waals surface area contributed by atoms with E-state index in [-0.39, 0.29) is 6.04 Å². The van der Waals surface area contributed by atoms with Crippen molar-refractivity contribution in [2.75, 3.05) is 19.8 Å². The van der Waals surface area contributed by atoms with E-state index in [1.54, 1.807) is 0 Å². The third-order valence-corrected chi connectivity index (χ3v) is 2.34. The summed E-state index contributed by atoms with van der Waals surface area (Å²) in [6.45, 7) is 11.1. The second-order valence-corrected chi connectivity index (χ2v) is 5.35. The number of hydrogen-bond donors (Lipinski definition) is 1. The molecule has 0 aliphatic rings. The lowest BCUT2D eigenvalue weighted by molar-refractivity contribution is 0.103. The fraction of sp³-hybridized carbons (Fsp3) is 0.923. The summed E-state index contributed by atoms with van der Waals surface area (Å²) < 4.78 is 5.53. The standard InChI is InChI=1S/C13H26N2O/c1-5-8-15-12(11-14)6-9-16-10-7-13(2,3)4/h12,15H,5-10H2,1-4H3. The fourth-order valence-electron chi connectivity index (χ4n) is 1.21. The van der Waals surface area contributed by atoms with Crippen LogP contribution in [0.4, 0.5) is 0 Å². The molecule has 94 valence electrons. The summed E-state index contributed by atoms with van der Waals surface area (Å²) in [5, 5.41) is 12.1. The summed E-state index contributed by atoms with van der Waals surface area (Å²) in [6.07, 6.45) is 2.90. The van der Waals surface area contributed by atoms with Gasteiger partial charge in [-0.2, -0.15) is 5.26 Å². The molecule has 1 unspecified atom stereocenters. The van der Waals surface area contributed by atoms with Gasteiger partial charge in [0.1, 0.15) is 0 Å². The third kappa shape index (κ3) is 9.95. The molecule has 16 heavy (non-hydrogen) atoms. The molecule has 1 N–H and O–H groups in total. The van der Waals surface area contributed by atoms with Gasteiger partial charge in [0.15, 0.2) is 0 Å². The lowest BCUT2D eigenvalue weighted by atomic mass is 9.93. The van der Waals surface area contributed by atoms with Crippen molar-refractivity contribution in [2.45, 2.75) is 53.0 Å². The largest absolute Gasteiger partial charge is 0.381 e. The van der Waals surface area contributed by atoms with Crippen molar-refractivity contribution in [2.24, 2.45) is 5.41 Å². The maximum absolute atomic E-state index is 8.87. The molecule has 0 aromatic rings. The maximum atomic E-state index is 8.87. The van der Waals surface area contributed by atoms with Gasteiger partial charge in [0.05, 0.1) is 12.1 Å². The van der Waals surface area contributed by atoms with Gasteiger partial charge >= 0.3 is 0 Å². The molecule has 0 aliphatic heterocycles. The SMILES string of the molecule is CCCNC(C#N)CCOCCC(C)(C)C. The Hall–Kier alpha value is -0.590. The van der Waals surface area contributed by atoms with Gasteiger partial charge in [-0.15, -0.1) is 0 Å². The molecule has 0 rings (SSSR count). The first-order valence-electron chi connectivity index (χ1n) is 6.20. The summed E-state index contributed by atoms with van der Waals surface area (Å²) in [5.74, 6) is 0. The second-order valence-electron chi connectivity index (χ2n) is 5.35. The zero-order valence-electron chi connectivity index (χ0n) is 11.2. The highest BCUT2D eigenvalue weighted by Crippen LogP contribution is 2.17. The van der Waals surface area contributed by atoms with Gasteiger partial charge in [-0.05, 0) is 31.2 Å². The lowest BCUT2D eigenvalue weighted by Gasteiger charge is -2.18. The number of rotatable bonds is 8. The molecule has 0 spiro atoms. The Labute approximate surface area is 100 Å². The van der Waals surface area contributed by atoms with Crippen LogP contribution in [0.25, 0.3) is 0 Å². The molecule has 0 aromatic heterocycles. The smallest absolute Gasteiger partial charge is 0.0975 e. The number of ether oxygens (including phenoxy) is 1. The highest BCUT2D eigenvalue weighted by atomic mass is 16.5. The first-order valence-corrected chi connectivity index (χ1v) is 6.20. The zero-order chi connectivity index (χ0) is 12.4. The third-order valence-electron chi connectivity index (χ3n) is 2.34. The number of hydrogen-bond acceptors (Lipinski definition) is 3. The van der Waals surface area contributed by atoms with Crippen LogP contribution in [0, 0.1) is 16.7 Å². The minimum Gasteiger partial charge on any atom is -0.381 e. The molecular formula is C13H26N2O. The summed E-state index contributed by atoms with van der Waals surface area (Å²) in [4.78, 5) is 0. The van der Waals surface area contributed by atoms with E-state index in [1.165, 1.54) is 0 Å². The van der Waals surface area contributed by atoms with Crippen molar-refractivity contribution in [3.05, 3.63) is 0 Å². The van der Waals surface area contributed by atoms with Crippen LogP contribution >= 0.6 is 0 Å². The Morgan fingerprint density at radius 2 is 2.00 bits per heavy atom. The van der Waals surface area contributed by atoms with Gasteiger partial charge in [0.2, 0.25) is 0 Å². The van der Waals surface area contributed by atoms with Crippen LogP contribution in [-0.4, -0.2) is 25.8 Å². The minimum absolute atomic E-state index is 0.0606. The Morgan fingerprint density at radius 1 is 1.31 bits per heavy atom.